The van der Waals surface area contributed by atoms with Gasteiger partial charge in [0.1, 0.15) is 0 Å². The molecule has 0 fully saturated rings. The lowest BCUT2D eigenvalue weighted by Crippen LogP contribution is -1.96. The van der Waals surface area contributed by atoms with Crippen molar-refractivity contribution >= 4 is 6.08 Å². The molecule has 0 aliphatic carbocycles. The van der Waals surface area contributed by atoms with Gasteiger partial charge in [0, 0.05) is 16.7 Å². The number of benzene rings is 5. The van der Waals surface area contributed by atoms with Crippen molar-refractivity contribution in [1.29, 1.82) is 0 Å². The van der Waals surface area contributed by atoms with Gasteiger partial charge in [-0.15, -0.1) is 0 Å². The van der Waals surface area contributed by atoms with E-state index in [1.54, 1.807) is 0 Å². The first-order valence-electron chi connectivity index (χ1n) is 12.7. The molecule has 0 N–H and O–H groups in total. The van der Waals surface area contributed by atoms with Gasteiger partial charge in [-0.05, 0) is 33.9 Å². The summed E-state index contributed by atoms with van der Waals surface area (Å²) in [7, 11) is 0. The molecule has 1 aromatic heterocycles. The third-order valence-corrected chi connectivity index (χ3v) is 6.71. The zero-order valence-corrected chi connectivity index (χ0v) is 21.0. The van der Waals surface area contributed by atoms with E-state index >= 15 is 0 Å². The third kappa shape index (κ3) is 4.93. The highest BCUT2D eigenvalue weighted by Crippen LogP contribution is 2.30. The molecule has 0 atom stereocenters. The van der Waals surface area contributed by atoms with E-state index in [4.69, 9.17) is 9.97 Å². The number of nitrogens with zero attached hydrogens (tertiary/aromatic N) is 2. The van der Waals surface area contributed by atoms with Gasteiger partial charge in [0.15, 0.2) is 5.82 Å². The molecule has 5 aromatic carbocycles. The van der Waals surface area contributed by atoms with Gasteiger partial charge in [0.25, 0.3) is 0 Å². The highest BCUT2D eigenvalue weighted by atomic mass is 14.9. The zero-order chi connectivity index (χ0) is 25.7. The molecule has 0 saturated carbocycles. The SMILES string of the molecule is C=Cc1ccc(-c2ccc(-c3cc(-c4ccc(-c5ccccc5)cc4)nc(-c4ccccc4)n3)cc2)cc1. The molecular formula is C36H26N2. The molecule has 0 unspecified atom stereocenters. The summed E-state index contributed by atoms with van der Waals surface area (Å²) in [6.07, 6.45) is 1.86. The summed E-state index contributed by atoms with van der Waals surface area (Å²) in [4.78, 5) is 9.93. The molecule has 0 bridgehead atoms. The first kappa shape index (κ1) is 23.3. The van der Waals surface area contributed by atoms with E-state index in [1.807, 2.05) is 30.3 Å². The van der Waals surface area contributed by atoms with Crippen molar-refractivity contribution in [3.05, 3.63) is 152 Å². The molecule has 2 nitrogen and oxygen atoms in total. The summed E-state index contributed by atoms with van der Waals surface area (Å²) in [5.41, 5.74) is 10.7. The average Bonchev–Trinajstić information content (AvgIpc) is 3.02. The largest absolute Gasteiger partial charge is 0.228 e. The minimum Gasteiger partial charge on any atom is -0.228 e. The fraction of sp³-hybridized carbons (Fsp3) is 0. The van der Waals surface area contributed by atoms with Crippen LogP contribution in [0.4, 0.5) is 0 Å². The van der Waals surface area contributed by atoms with E-state index < -0.39 is 0 Å². The second-order valence-corrected chi connectivity index (χ2v) is 9.17. The summed E-state index contributed by atoms with van der Waals surface area (Å²) in [6.45, 7) is 3.84. The Kier molecular flexibility index (Phi) is 6.44. The van der Waals surface area contributed by atoms with Crippen molar-refractivity contribution < 1.29 is 0 Å². The third-order valence-electron chi connectivity index (χ3n) is 6.71. The Hall–Kier alpha value is -5.08. The first-order chi connectivity index (χ1) is 18.8. The predicted octanol–water partition coefficient (Wildman–Crippen LogP) is 9.45. The lowest BCUT2D eigenvalue weighted by atomic mass is 10.00. The van der Waals surface area contributed by atoms with Crippen LogP contribution in [0.25, 0.3) is 62.2 Å². The van der Waals surface area contributed by atoms with Crippen molar-refractivity contribution in [2.75, 3.05) is 0 Å². The Morgan fingerprint density at radius 2 is 0.763 bits per heavy atom. The highest BCUT2D eigenvalue weighted by molar-refractivity contribution is 5.75. The summed E-state index contributed by atoms with van der Waals surface area (Å²) < 4.78 is 0. The maximum Gasteiger partial charge on any atom is 0.160 e. The minimum atomic E-state index is 0.717. The van der Waals surface area contributed by atoms with Crippen LogP contribution in [-0.4, -0.2) is 9.97 Å². The van der Waals surface area contributed by atoms with Gasteiger partial charge in [-0.2, -0.15) is 0 Å². The van der Waals surface area contributed by atoms with Gasteiger partial charge in [-0.1, -0.05) is 146 Å². The van der Waals surface area contributed by atoms with E-state index in [2.05, 4.69) is 122 Å². The lowest BCUT2D eigenvalue weighted by molar-refractivity contribution is 1.18. The van der Waals surface area contributed by atoms with Crippen molar-refractivity contribution in [3.63, 3.8) is 0 Å². The topological polar surface area (TPSA) is 25.8 Å². The molecule has 1 heterocycles. The van der Waals surface area contributed by atoms with Crippen LogP contribution >= 0.6 is 0 Å². The molecule has 0 spiro atoms. The van der Waals surface area contributed by atoms with E-state index in [0.717, 1.165) is 33.6 Å². The van der Waals surface area contributed by atoms with E-state index in [0.29, 0.717) is 5.82 Å². The van der Waals surface area contributed by atoms with Crippen LogP contribution in [0.5, 0.6) is 0 Å². The van der Waals surface area contributed by atoms with Crippen molar-refractivity contribution in [2.45, 2.75) is 0 Å². The molecular weight excluding hydrogens is 460 g/mol. The molecule has 38 heavy (non-hydrogen) atoms. The fourth-order valence-corrected chi connectivity index (χ4v) is 4.57. The van der Waals surface area contributed by atoms with Crippen LogP contribution in [0.2, 0.25) is 0 Å². The minimum absolute atomic E-state index is 0.717. The molecule has 0 amide bonds. The lowest BCUT2D eigenvalue weighted by Gasteiger charge is -2.11. The van der Waals surface area contributed by atoms with Crippen LogP contribution in [0.1, 0.15) is 5.56 Å². The number of hydrogen-bond donors (Lipinski definition) is 0. The molecule has 180 valence electrons. The number of aromatic nitrogens is 2. The summed E-state index contributed by atoms with van der Waals surface area (Å²) in [5, 5.41) is 0. The van der Waals surface area contributed by atoms with Crippen LogP contribution in [0, 0.1) is 0 Å². The summed E-state index contributed by atoms with van der Waals surface area (Å²) in [6, 6.07) is 48.2. The van der Waals surface area contributed by atoms with Crippen LogP contribution in [0.15, 0.2) is 146 Å². The summed E-state index contributed by atoms with van der Waals surface area (Å²) in [5.74, 6) is 0.717. The van der Waals surface area contributed by atoms with Crippen LogP contribution in [-0.2, 0) is 0 Å². The van der Waals surface area contributed by atoms with Gasteiger partial charge < -0.3 is 0 Å². The van der Waals surface area contributed by atoms with Gasteiger partial charge >= 0.3 is 0 Å². The Bertz CT molecular complexity index is 1670. The van der Waals surface area contributed by atoms with E-state index in [-0.39, 0.29) is 0 Å². The van der Waals surface area contributed by atoms with Crippen LogP contribution in [0.3, 0.4) is 0 Å². The molecule has 6 rings (SSSR count). The second-order valence-electron chi connectivity index (χ2n) is 9.17. The van der Waals surface area contributed by atoms with Crippen LogP contribution < -0.4 is 0 Å². The normalized spacial score (nSPS) is 10.7. The van der Waals surface area contributed by atoms with E-state index in [9.17, 15) is 0 Å². The zero-order valence-electron chi connectivity index (χ0n) is 21.0. The Morgan fingerprint density at radius 3 is 1.21 bits per heavy atom. The summed E-state index contributed by atoms with van der Waals surface area (Å²) >= 11 is 0. The van der Waals surface area contributed by atoms with E-state index in [1.165, 1.54) is 22.3 Å². The standard InChI is InChI=1S/C36H26N2/c1-2-26-13-15-28(16-14-26)30-19-23-32(24-20-30)35-25-34(37-36(38-35)33-11-7-4-8-12-33)31-21-17-29(18-22-31)27-9-5-3-6-10-27/h2-25H,1H2. The fourth-order valence-electron chi connectivity index (χ4n) is 4.57. The highest BCUT2D eigenvalue weighted by Gasteiger charge is 2.11. The molecule has 0 saturated heterocycles. The number of hydrogen-bond acceptors (Lipinski definition) is 2. The van der Waals surface area contributed by atoms with Crippen molar-refractivity contribution in [2.24, 2.45) is 0 Å². The molecule has 0 aliphatic heterocycles. The maximum absolute atomic E-state index is 4.97. The first-order valence-corrected chi connectivity index (χ1v) is 12.7. The van der Waals surface area contributed by atoms with Gasteiger partial charge in [-0.3, -0.25) is 0 Å². The Balaban J connectivity index is 1.39. The Morgan fingerprint density at radius 1 is 0.395 bits per heavy atom. The van der Waals surface area contributed by atoms with Crippen molar-refractivity contribution in [3.8, 4) is 56.2 Å². The molecule has 2 heteroatoms. The van der Waals surface area contributed by atoms with Gasteiger partial charge in [0.05, 0.1) is 11.4 Å². The monoisotopic (exact) mass is 486 g/mol. The van der Waals surface area contributed by atoms with Crippen molar-refractivity contribution in [1.82, 2.24) is 9.97 Å². The molecule has 0 aliphatic rings. The predicted molar refractivity (Wildman–Crippen MR) is 159 cm³/mol. The average molecular weight is 487 g/mol. The number of rotatable bonds is 6. The smallest absolute Gasteiger partial charge is 0.160 e. The quantitative estimate of drug-likeness (QED) is 0.234. The van der Waals surface area contributed by atoms with Gasteiger partial charge in [-0.25, -0.2) is 9.97 Å². The maximum atomic E-state index is 4.97. The molecule has 6 aromatic rings. The molecule has 0 radical (unpaired) electrons. The second kappa shape index (κ2) is 10.5. The Labute approximate surface area is 223 Å². The van der Waals surface area contributed by atoms with Gasteiger partial charge in [0.2, 0.25) is 0 Å².